The van der Waals surface area contributed by atoms with Crippen LogP contribution in [0.2, 0.25) is 5.15 Å². The van der Waals surface area contributed by atoms with Crippen molar-refractivity contribution >= 4 is 11.6 Å². The number of nitrogens with zero attached hydrogens (tertiary/aromatic N) is 2. The molecule has 1 N–H and O–H groups in total. The molecule has 0 saturated carbocycles. The molecule has 0 aliphatic carbocycles. The minimum Gasteiger partial charge on any atom is -0.324 e. The number of benzene rings is 1. The molecule has 2 aromatic rings. The monoisotopic (exact) mass is 247 g/mol. The molecule has 1 aliphatic rings. The number of aryl methyl sites for hydroxylation is 1. The molecule has 1 aromatic carbocycles. The zero-order valence-corrected chi connectivity index (χ0v) is 10.5. The Morgan fingerprint density at radius 1 is 1.41 bits per heavy atom. The SMILES string of the molecule is Cc1cccc(-c2nc(Cl)c3n2CCNC3)c1. The summed E-state index contributed by atoms with van der Waals surface area (Å²) in [5.74, 6) is 0.982. The van der Waals surface area contributed by atoms with Crippen LogP contribution in [-0.4, -0.2) is 16.1 Å². The van der Waals surface area contributed by atoms with Crippen molar-refractivity contribution in [1.82, 2.24) is 14.9 Å². The Morgan fingerprint density at radius 3 is 3.12 bits per heavy atom. The molecule has 0 atom stereocenters. The fourth-order valence-electron chi connectivity index (χ4n) is 2.27. The van der Waals surface area contributed by atoms with Crippen LogP contribution in [0.1, 0.15) is 11.3 Å². The third kappa shape index (κ3) is 1.85. The number of imidazole rings is 1. The van der Waals surface area contributed by atoms with Gasteiger partial charge in [-0.3, -0.25) is 0 Å². The van der Waals surface area contributed by atoms with Crippen molar-refractivity contribution in [2.24, 2.45) is 0 Å². The van der Waals surface area contributed by atoms with E-state index >= 15 is 0 Å². The van der Waals surface area contributed by atoms with E-state index in [-0.39, 0.29) is 0 Å². The third-order valence-corrected chi connectivity index (χ3v) is 3.41. The molecule has 0 radical (unpaired) electrons. The number of hydrogen-bond donors (Lipinski definition) is 1. The van der Waals surface area contributed by atoms with E-state index in [9.17, 15) is 0 Å². The Balaban J connectivity index is 2.15. The number of aromatic nitrogens is 2. The van der Waals surface area contributed by atoms with Crippen molar-refractivity contribution in [3.05, 3.63) is 40.7 Å². The van der Waals surface area contributed by atoms with Gasteiger partial charge in [-0.1, -0.05) is 35.4 Å². The second-order valence-electron chi connectivity index (χ2n) is 4.37. The van der Waals surface area contributed by atoms with Gasteiger partial charge in [0.2, 0.25) is 0 Å². The van der Waals surface area contributed by atoms with Gasteiger partial charge in [0.15, 0.2) is 5.15 Å². The Morgan fingerprint density at radius 2 is 2.29 bits per heavy atom. The summed E-state index contributed by atoms with van der Waals surface area (Å²) in [6.45, 7) is 4.79. The Kier molecular flexibility index (Phi) is 2.65. The predicted octanol–water partition coefficient (Wildman–Crippen LogP) is 2.62. The second-order valence-corrected chi connectivity index (χ2v) is 4.73. The lowest BCUT2D eigenvalue weighted by atomic mass is 10.1. The molecule has 4 heteroatoms. The molecule has 0 amide bonds. The molecule has 0 fully saturated rings. The molecular weight excluding hydrogens is 234 g/mol. The van der Waals surface area contributed by atoms with Gasteiger partial charge in [-0.15, -0.1) is 0 Å². The van der Waals surface area contributed by atoms with Crippen molar-refractivity contribution in [3.63, 3.8) is 0 Å². The molecule has 2 heterocycles. The molecule has 0 bridgehead atoms. The average Bonchev–Trinajstić information content (AvgIpc) is 2.68. The lowest BCUT2D eigenvalue weighted by Gasteiger charge is -2.18. The van der Waals surface area contributed by atoms with E-state index in [4.69, 9.17) is 11.6 Å². The van der Waals surface area contributed by atoms with E-state index in [0.717, 1.165) is 36.7 Å². The summed E-state index contributed by atoms with van der Waals surface area (Å²) in [6, 6.07) is 8.38. The van der Waals surface area contributed by atoms with Crippen LogP contribution in [0.3, 0.4) is 0 Å². The minimum absolute atomic E-state index is 0.619. The van der Waals surface area contributed by atoms with Gasteiger partial charge in [0.25, 0.3) is 0 Å². The second kappa shape index (κ2) is 4.17. The molecule has 0 spiro atoms. The van der Waals surface area contributed by atoms with Crippen LogP contribution in [-0.2, 0) is 13.1 Å². The van der Waals surface area contributed by atoms with Crippen molar-refractivity contribution in [3.8, 4) is 11.4 Å². The van der Waals surface area contributed by atoms with Gasteiger partial charge < -0.3 is 9.88 Å². The largest absolute Gasteiger partial charge is 0.324 e. The van der Waals surface area contributed by atoms with E-state index in [1.807, 2.05) is 0 Å². The fourth-order valence-corrected chi connectivity index (χ4v) is 2.52. The van der Waals surface area contributed by atoms with E-state index in [1.54, 1.807) is 0 Å². The fraction of sp³-hybridized carbons (Fsp3) is 0.308. The molecule has 17 heavy (non-hydrogen) atoms. The number of hydrogen-bond acceptors (Lipinski definition) is 2. The van der Waals surface area contributed by atoms with Gasteiger partial charge in [-0.25, -0.2) is 4.98 Å². The first kappa shape index (κ1) is 10.8. The molecule has 3 nitrogen and oxygen atoms in total. The van der Waals surface area contributed by atoms with Gasteiger partial charge in [-0.2, -0.15) is 0 Å². The van der Waals surface area contributed by atoms with Crippen LogP contribution < -0.4 is 5.32 Å². The predicted molar refractivity (Wildman–Crippen MR) is 69.1 cm³/mol. The third-order valence-electron chi connectivity index (χ3n) is 3.10. The van der Waals surface area contributed by atoms with Crippen LogP contribution in [0.5, 0.6) is 0 Å². The molecule has 1 aromatic heterocycles. The minimum atomic E-state index is 0.619. The quantitative estimate of drug-likeness (QED) is 0.840. The normalized spacial score (nSPS) is 14.7. The summed E-state index contributed by atoms with van der Waals surface area (Å²) in [4.78, 5) is 4.49. The van der Waals surface area contributed by atoms with Gasteiger partial charge in [0.05, 0.1) is 5.69 Å². The average molecular weight is 248 g/mol. The zero-order chi connectivity index (χ0) is 11.8. The van der Waals surface area contributed by atoms with Gasteiger partial charge in [0.1, 0.15) is 5.82 Å². The Bertz CT molecular complexity index is 560. The summed E-state index contributed by atoms with van der Waals surface area (Å²) in [5, 5.41) is 3.93. The molecule has 88 valence electrons. The lowest BCUT2D eigenvalue weighted by Crippen LogP contribution is -2.28. The van der Waals surface area contributed by atoms with E-state index in [2.05, 4.69) is 46.1 Å². The van der Waals surface area contributed by atoms with Crippen LogP contribution in [0, 0.1) is 6.92 Å². The van der Waals surface area contributed by atoms with E-state index in [1.165, 1.54) is 5.56 Å². The summed E-state index contributed by atoms with van der Waals surface area (Å²) < 4.78 is 2.22. The van der Waals surface area contributed by atoms with Crippen LogP contribution in [0.4, 0.5) is 0 Å². The van der Waals surface area contributed by atoms with Gasteiger partial charge >= 0.3 is 0 Å². The summed E-state index contributed by atoms with van der Waals surface area (Å²) >= 11 is 6.18. The maximum atomic E-state index is 6.18. The molecular formula is C13H14ClN3. The highest BCUT2D eigenvalue weighted by atomic mass is 35.5. The number of halogens is 1. The van der Waals surface area contributed by atoms with E-state index in [0.29, 0.717) is 5.15 Å². The van der Waals surface area contributed by atoms with Crippen molar-refractivity contribution < 1.29 is 0 Å². The first-order valence-corrected chi connectivity index (χ1v) is 6.16. The van der Waals surface area contributed by atoms with Crippen LogP contribution in [0.15, 0.2) is 24.3 Å². The van der Waals surface area contributed by atoms with E-state index < -0.39 is 0 Å². The topological polar surface area (TPSA) is 29.9 Å². The molecule has 1 aliphatic heterocycles. The highest BCUT2D eigenvalue weighted by molar-refractivity contribution is 6.30. The molecule has 0 saturated heterocycles. The molecule has 3 rings (SSSR count). The maximum absolute atomic E-state index is 6.18. The standard InChI is InChI=1S/C13H14ClN3/c1-9-3-2-4-10(7-9)13-16-12(14)11-8-15-5-6-17(11)13/h2-4,7,15H,5-6,8H2,1H3. The first-order valence-electron chi connectivity index (χ1n) is 5.78. The highest BCUT2D eigenvalue weighted by Crippen LogP contribution is 2.27. The number of rotatable bonds is 1. The van der Waals surface area contributed by atoms with Crippen molar-refractivity contribution in [2.45, 2.75) is 20.0 Å². The highest BCUT2D eigenvalue weighted by Gasteiger charge is 2.19. The molecule has 0 unspecified atom stereocenters. The summed E-state index contributed by atoms with van der Waals surface area (Å²) in [7, 11) is 0. The Labute approximate surface area is 105 Å². The number of nitrogens with one attached hydrogen (secondary N) is 1. The maximum Gasteiger partial charge on any atom is 0.152 e. The summed E-state index contributed by atoms with van der Waals surface area (Å²) in [5.41, 5.74) is 3.47. The van der Waals surface area contributed by atoms with Crippen LogP contribution >= 0.6 is 11.6 Å². The lowest BCUT2D eigenvalue weighted by molar-refractivity contribution is 0.520. The smallest absolute Gasteiger partial charge is 0.152 e. The Hall–Kier alpha value is -1.32. The zero-order valence-electron chi connectivity index (χ0n) is 9.70. The van der Waals surface area contributed by atoms with Crippen molar-refractivity contribution in [1.29, 1.82) is 0 Å². The first-order chi connectivity index (χ1) is 8.25. The van der Waals surface area contributed by atoms with Crippen molar-refractivity contribution in [2.75, 3.05) is 6.54 Å². The van der Waals surface area contributed by atoms with Crippen LogP contribution in [0.25, 0.3) is 11.4 Å². The van der Waals surface area contributed by atoms with Gasteiger partial charge in [0, 0.05) is 25.2 Å². The number of fused-ring (bicyclic) bond motifs is 1. The summed E-state index contributed by atoms with van der Waals surface area (Å²) in [6.07, 6.45) is 0. The van der Waals surface area contributed by atoms with Gasteiger partial charge in [-0.05, 0) is 13.0 Å².